The maximum Gasteiger partial charge on any atom is 0.336 e. The maximum absolute atomic E-state index is 12.7. The van der Waals surface area contributed by atoms with E-state index in [9.17, 15) is 19.8 Å². The molecule has 16 heteroatoms. The van der Waals surface area contributed by atoms with Crippen molar-refractivity contribution in [2.24, 2.45) is 0 Å². The zero-order valence-corrected chi connectivity index (χ0v) is 47.9. The first-order valence-corrected chi connectivity index (χ1v) is 28.5. The minimum Gasteiger partial charge on any atom is -0.478 e. The maximum atomic E-state index is 12.7. The van der Waals surface area contributed by atoms with Crippen LogP contribution in [0.15, 0.2) is 219 Å². The van der Waals surface area contributed by atoms with Gasteiger partial charge in [-0.15, -0.1) is 0 Å². The number of benzene rings is 4. The second kappa shape index (κ2) is 24.6. The number of aromatic nitrogens is 8. The van der Waals surface area contributed by atoms with Gasteiger partial charge in [0, 0.05) is 59.7 Å². The Balaban J connectivity index is 1.15. The highest BCUT2D eigenvalue weighted by Crippen LogP contribution is 2.38. The summed E-state index contributed by atoms with van der Waals surface area (Å²) >= 11 is 0. The number of hydrogen-bond donors (Lipinski definition) is 4. The van der Waals surface area contributed by atoms with Crippen LogP contribution >= 0.6 is 0 Å². The van der Waals surface area contributed by atoms with Crippen LogP contribution in [0.2, 0.25) is 0 Å². The molecule has 0 saturated carbocycles. The van der Waals surface area contributed by atoms with E-state index in [2.05, 4.69) is 67.7 Å². The Kier molecular flexibility index (Phi) is 15.6. The summed E-state index contributed by atoms with van der Waals surface area (Å²) in [6.45, 7) is 1.29. The Morgan fingerprint density at radius 3 is 0.943 bits per heavy atom. The third-order valence-corrected chi connectivity index (χ3v) is 15.7. The van der Waals surface area contributed by atoms with Crippen molar-refractivity contribution >= 4 is 58.3 Å². The van der Waals surface area contributed by atoms with E-state index in [1.807, 2.05) is 180 Å². The van der Waals surface area contributed by atoms with E-state index in [0.29, 0.717) is 58.5 Å². The highest BCUT2D eigenvalue weighted by atomic mass is 17.2. The topological polar surface area (TPSA) is 184 Å². The third-order valence-electron chi connectivity index (χ3n) is 15.7. The van der Waals surface area contributed by atoms with Crippen molar-refractivity contribution in [1.82, 2.24) is 19.9 Å². The number of aromatic amines is 2. The largest absolute Gasteiger partial charge is 0.478 e. The second-order valence-electron chi connectivity index (χ2n) is 21.0. The molecule has 0 aliphatic carbocycles. The van der Waals surface area contributed by atoms with Crippen molar-refractivity contribution in [1.29, 1.82) is 0 Å². The normalized spacial score (nSPS) is 11.7. The monoisotopic (exact) mass is 1160 g/mol. The van der Waals surface area contributed by atoms with E-state index >= 15 is 0 Å². The molecule has 7 aromatic heterocycles. The number of nitrogens with zero attached hydrogens (tertiary/aromatic N) is 6. The van der Waals surface area contributed by atoms with Gasteiger partial charge in [-0.3, -0.25) is 0 Å². The van der Waals surface area contributed by atoms with Crippen molar-refractivity contribution in [2.45, 2.75) is 26.2 Å². The van der Waals surface area contributed by atoms with E-state index in [4.69, 9.17) is 29.5 Å². The summed E-state index contributed by atoms with van der Waals surface area (Å²) in [4.78, 5) is 66.3. The molecule has 4 aromatic carbocycles. The zero-order chi connectivity index (χ0) is 60.1. The molecule has 13 rings (SSSR count). The van der Waals surface area contributed by atoms with Crippen LogP contribution in [0.5, 0.6) is 11.5 Å². The van der Waals surface area contributed by atoms with Crippen molar-refractivity contribution in [3.05, 3.63) is 275 Å². The third kappa shape index (κ3) is 11.1. The molecule has 2 aliphatic rings. The van der Waals surface area contributed by atoms with E-state index in [1.165, 1.54) is 14.2 Å². The number of carboxylic acid groups (broad SMARTS) is 2. The van der Waals surface area contributed by atoms with E-state index in [1.54, 1.807) is 24.3 Å². The van der Waals surface area contributed by atoms with Gasteiger partial charge in [0.25, 0.3) is 0 Å². The highest BCUT2D eigenvalue weighted by molar-refractivity contribution is 5.98. The Morgan fingerprint density at radius 1 is 0.364 bits per heavy atom. The van der Waals surface area contributed by atoms with Gasteiger partial charge in [0.15, 0.2) is 62.5 Å². The van der Waals surface area contributed by atoms with Gasteiger partial charge in [0.05, 0.1) is 104 Å². The minimum absolute atomic E-state index is 0.202. The SMILES string of the molecule is COOc1ccccc1C[n+]1ccccc1-c1c2nc(c(-c3cccc[n+]3Cc3ccccc3OOC)c3ccc([nH]3)c(-c3cccc[n+]3Cc3ccccc3C(=O)O)c3nc(c(-c4cccc[n+]4Cc4ccccc4C(=O)O)c4ccc1[nH]4)C=C3)C=C2. The molecule has 0 fully saturated rings. The lowest BCUT2D eigenvalue weighted by molar-refractivity contribution is -0.677. The number of nitrogens with one attached hydrogen (secondary N) is 2. The Hall–Kier alpha value is -11.5. The van der Waals surface area contributed by atoms with Gasteiger partial charge in [-0.05, 0) is 109 Å². The number of rotatable bonds is 18. The quantitative estimate of drug-likeness (QED) is 0.0366. The summed E-state index contributed by atoms with van der Waals surface area (Å²) in [5, 5.41) is 20.8. The number of hydrogen-bond acceptors (Lipinski definition) is 8. The molecule has 11 aromatic rings. The fourth-order valence-electron chi connectivity index (χ4n) is 11.7. The lowest BCUT2D eigenvalue weighted by atomic mass is 10.1. The molecule has 8 bridgehead atoms. The molecule has 88 heavy (non-hydrogen) atoms. The van der Waals surface area contributed by atoms with Crippen LogP contribution in [0.3, 0.4) is 0 Å². The number of carboxylic acids is 2. The first kappa shape index (κ1) is 55.7. The van der Waals surface area contributed by atoms with Crippen LogP contribution in [-0.2, 0) is 36.0 Å². The van der Waals surface area contributed by atoms with Gasteiger partial charge in [-0.2, -0.15) is 28.0 Å². The van der Waals surface area contributed by atoms with Crippen molar-refractivity contribution in [3.8, 4) is 56.5 Å². The number of pyridine rings is 4. The molecule has 16 nitrogen and oxygen atoms in total. The minimum atomic E-state index is -1.02. The molecule has 0 saturated heterocycles. The first-order chi connectivity index (χ1) is 43.2. The van der Waals surface area contributed by atoms with Crippen LogP contribution in [0.4, 0.5) is 0 Å². The molecule has 9 heterocycles. The fourth-order valence-corrected chi connectivity index (χ4v) is 11.7. The summed E-state index contributed by atoms with van der Waals surface area (Å²) in [6.07, 6.45) is 16.1. The number of para-hydroxylation sites is 2. The molecule has 430 valence electrons. The molecule has 0 unspecified atom stereocenters. The van der Waals surface area contributed by atoms with Crippen LogP contribution in [0.1, 0.15) is 65.7 Å². The van der Waals surface area contributed by atoms with Gasteiger partial charge in [-0.25, -0.2) is 19.6 Å². The van der Waals surface area contributed by atoms with Crippen molar-refractivity contribution in [2.75, 3.05) is 14.2 Å². The van der Waals surface area contributed by atoms with E-state index in [0.717, 1.165) is 78.2 Å². The smallest absolute Gasteiger partial charge is 0.336 e. The fraction of sp³-hybridized carbons (Fsp3) is 0.0833. The Bertz CT molecular complexity index is 4490. The molecular weight excluding hydrogens is 1100 g/mol. The second-order valence-corrected chi connectivity index (χ2v) is 21.0. The number of H-pyrrole nitrogens is 2. The lowest BCUT2D eigenvalue weighted by Crippen LogP contribution is -2.37. The van der Waals surface area contributed by atoms with Crippen molar-refractivity contribution < 1.29 is 57.6 Å². The van der Waals surface area contributed by atoms with Gasteiger partial charge in [0.1, 0.15) is 0 Å². The van der Waals surface area contributed by atoms with Crippen LogP contribution < -0.4 is 28.0 Å². The Labute approximate surface area is 505 Å². The summed E-state index contributed by atoms with van der Waals surface area (Å²) < 4.78 is 8.43. The molecule has 2 aliphatic heterocycles. The standard InChI is InChI=1S/C72H54N8O8/c1-85-87-65-29-9-5-21-49(65)45-79-41-17-13-27-63(79)69-57-35-33-55(74-57)67(61-25-11-15-39-77(61)43-47-19-3-7-23-51(47)71(81)82)53-31-32-54(73-53)68(62-26-12-16-40-78(62)44-48-20-4-8-24-52(48)72(83)84)56-34-36-58(75-56)70(60-38-37-59(69)76-60)64-28-14-18-42-80(64)46-50-22-6-10-30-66(50)88-86-2/h3-42H,43-46H2,1-2H3/p+4. The molecule has 4 N–H and O–H groups in total. The predicted octanol–water partition coefficient (Wildman–Crippen LogP) is 11.9. The van der Waals surface area contributed by atoms with Crippen LogP contribution in [0, 0.1) is 0 Å². The van der Waals surface area contributed by atoms with Gasteiger partial charge in [0.2, 0.25) is 22.8 Å². The Morgan fingerprint density at radius 2 is 0.636 bits per heavy atom. The van der Waals surface area contributed by atoms with Crippen LogP contribution in [-0.4, -0.2) is 56.3 Å². The first-order valence-electron chi connectivity index (χ1n) is 28.5. The molecule has 0 spiro atoms. The van der Waals surface area contributed by atoms with E-state index < -0.39 is 11.9 Å². The summed E-state index contributed by atoms with van der Waals surface area (Å²) in [6, 6.07) is 62.0. The highest BCUT2D eigenvalue weighted by Gasteiger charge is 2.30. The molecule has 0 atom stereocenters. The van der Waals surface area contributed by atoms with Gasteiger partial charge >= 0.3 is 11.9 Å². The summed E-state index contributed by atoms with van der Waals surface area (Å²) in [7, 11) is 2.98. The number of carbonyl (C=O) groups is 2. The molecule has 0 radical (unpaired) electrons. The average Bonchev–Trinajstić information content (AvgIpc) is 2.05. The molecular formula is C72H58N8O8+4. The van der Waals surface area contributed by atoms with Crippen molar-refractivity contribution in [3.63, 3.8) is 0 Å². The van der Waals surface area contributed by atoms with Gasteiger partial charge < -0.3 is 30.0 Å². The lowest BCUT2D eigenvalue weighted by Gasteiger charge is -2.10. The predicted molar refractivity (Wildman–Crippen MR) is 333 cm³/mol. The number of aromatic carboxylic acids is 2. The van der Waals surface area contributed by atoms with E-state index in [-0.39, 0.29) is 24.2 Å². The number of fused-ring (bicyclic) bond motifs is 8. The van der Waals surface area contributed by atoms with Gasteiger partial charge in [-0.1, -0.05) is 60.7 Å². The van der Waals surface area contributed by atoms with Crippen LogP contribution in [0.25, 0.3) is 91.4 Å². The molecule has 0 amide bonds. The zero-order valence-electron chi connectivity index (χ0n) is 47.9. The average molecular weight is 1160 g/mol. The summed E-state index contributed by atoms with van der Waals surface area (Å²) in [5.41, 5.74) is 15.3. The summed E-state index contributed by atoms with van der Waals surface area (Å²) in [5.74, 6) is -0.877.